The third-order valence-electron chi connectivity index (χ3n) is 7.65. The van der Waals surface area contributed by atoms with E-state index in [0.717, 1.165) is 45.4 Å². The minimum absolute atomic E-state index is 0.0875. The Balaban J connectivity index is 1.47. The first-order chi connectivity index (χ1) is 24.2. The zero-order valence-corrected chi connectivity index (χ0v) is 27.8. The summed E-state index contributed by atoms with van der Waals surface area (Å²) < 4.78 is 48.7. The van der Waals surface area contributed by atoms with Crippen LogP contribution in [0.25, 0.3) is 0 Å². The Morgan fingerprint density at radius 2 is 1.61 bits per heavy atom. The molecule has 2 fully saturated rings. The molecule has 2 saturated heterocycles. The zero-order chi connectivity index (χ0) is 37.1. The van der Waals surface area contributed by atoms with E-state index in [1.807, 2.05) is 0 Å². The summed E-state index contributed by atoms with van der Waals surface area (Å²) in [5.41, 5.74) is -4.44. The van der Waals surface area contributed by atoms with Crippen LogP contribution >= 0.6 is 11.6 Å². The van der Waals surface area contributed by atoms with Gasteiger partial charge in [0.05, 0.1) is 16.8 Å². The van der Waals surface area contributed by atoms with Crippen LogP contribution < -0.4 is 21.5 Å². The van der Waals surface area contributed by atoms with Crippen LogP contribution in [0.15, 0.2) is 57.1 Å². The molecule has 0 aliphatic carbocycles. The molecule has 2 aliphatic rings. The summed E-state index contributed by atoms with van der Waals surface area (Å²) in [6.45, 7) is 2.99. The van der Waals surface area contributed by atoms with Gasteiger partial charge >= 0.3 is 29.6 Å². The quantitative estimate of drug-likeness (QED) is 0.226. The molecule has 1 aromatic carbocycles. The van der Waals surface area contributed by atoms with Gasteiger partial charge in [0.2, 0.25) is 5.82 Å². The largest absolute Gasteiger partial charge is 0.463 e. The maximum Gasteiger partial charge on any atom is 0.343 e. The van der Waals surface area contributed by atoms with Gasteiger partial charge in [0, 0.05) is 45.2 Å². The number of benzene rings is 1. The molecule has 51 heavy (non-hydrogen) atoms. The van der Waals surface area contributed by atoms with E-state index in [1.165, 1.54) is 22.9 Å². The Bertz CT molecular complexity index is 2090. The molecule has 19 heteroatoms. The van der Waals surface area contributed by atoms with E-state index in [-0.39, 0.29) is 20.9 Å². The van der Waals surface area contributed by atoms with Crippen LogP contribution in [0, 0.1) is 5.82 Å². The SMILES string of the molecule is CC(=O)OC[C@H]1O[C@@H](n2cc(F)c(=O)n(C(=O)c3cccc(C(=O)Oc4cc(=O)n(C5CCCO5)cc4Cl)c3)c2=O)[C@H](OC(C)=O)[C@@H]1OC(C)=O. The molecule has 2 aliphatic heterocycles. The second-order valence-corrected chi connectivity index (χ2v) is 11.7. The Hall–Kier alpha value is -5.46. The first-order valence-electron chi connectivity index (χ1n) is 15.2. The number of carbonyl (C=O) groups excluding carboxylic acids is 5. The maximum absolute atomic E-state index is 15.2. The van der Waals surface area contributed by atoms with Crippen molar-refractivity contribution in [1.82, 2.24) is 13.7 Å². The number of rotatable bonds is 9. The van der Waals surface area contributed by atoms with E-state index in [4.69, 9.17) is 40.0 Å². The standard InChI is InChI=1S/C32H29ClFN3O14/c1-15(38)47-14-23-26(48-16(2)39)27(49-17(3)40)30(50-23)36-13-21(34)29(43)37(32(36)45)28(42)18-6-4-7-19(10-18)31(44)51-22-11-24(41)35(12-20(22)33)25-8-5-9-46-25/h4,6-7,10-13,23,25-27,30H,5,8-9,14H2,1-3H3/t23-,25?,26-,27-,30-/m1/s1. The van der Waals surface area contributed by atoms with Crippen molar-refractivity contribution in [1.29, 1.82) is 0 Å². The third kappa shape index (κ3) is 7.97. The van der Waals surface area contributed by atoms with Gasteiger partial charge in [-0.2, -0.15) is 8.96 Å². The van der Waals surface area contributed by atoms with Gasteiger partial charge in [-0.15, -0.1) is 0 Å². The molecule has 270 valence electrons. The van der Waals surface area contributed by atoms with Crippen molar-refractivity contribution in [3.05, 3.63) is 95.9 Å². The number of hydrogen-bond acceptors (Lipinski definition) is 14. The highest BCUT2D eigenvalue weighted by Gasteiger charge is 2.51. The van der Waals surface area contributed by atoms with Gasteiger partial charge in [0.15, 0.2) is 24.2 Å². The maximum atomic E-state index is 15.2. The van der Waals surface area contributed by atoms with Crippen molar-refractivity contribution in [2.24, 2.45) is 0 Å². The van der Waals surface area contributed by atoms with Crippen LogP contribution in [-0.2, 0) is 38.1 Å². The van der Waals surface area contributed by atoms with Crippen LogP contribution in [-0.4, -0.2) is 75.0 Å². The molecule has 0 N–H and O–H groups in total. The number of esters is 4. The molecule has 5 rings (SSSR count). The van der Waals surface area contributed by atoms with E-state index in [1.54, 1.807) is 0 Å². The lowest BCUT2D eigenvalue weighted by atomic mass is 10.1. The fourth-order valence-corrected chi connectivity index (χ4v) is 5.67. The topological polar surface area (TPSA) is 207 Å². The van der Waals surface area contributed by atoms with Gasteiger partial charge in [-0.05, 0) is 31.0 Å². The molecule has 0 amide bonds. The molecular weight excluding hydrogens is 705 g/mol. The number of carbonyl (C=O) groups is 5. The predicted molar refractivity (Wildman–Crippen MR) is 168 cm³/mol. The summed E-state index contributed by atoms with van der Waals surface area (Å²) in [7, 11) is 0. The summed E-state index contributed by atoms with van der Waals surface area (Å²) in [6.07, 6.45) is -3.82. The number of nitrogens with zero attached hydrogens (tertiary/aromatic N) is 3. The summed E-state index contributed by atoms with van der Waals surface area (Å²) in [6, 6.07) is 5.50. The highest BCUT2D eigenvalue weighted by Crippen LogP contribution is 2.34. The summed E-state index contributed by atoms with van der Waals surface area (Å²) in [4.78, 5) is 101. The van der Waals surface area contributed by atoms with Crippen molar-refractivity contribution in [2.45, 2.75) is 64.4 Å². The Labute approximate surface area is 290 Å². The second-order valence-electron chi connectivity index (χ2n) is 11.3. The number of ether oxygens (including phenoxy) is 6. The smallest absolute Gasteiger partial charge is 0.343 e. The monoisotopic (exact) mass is 733 g/mol. The van der Waals surface area contributed by atoms with Crippen molar-refractivity contribution < 1.29 is 56.8 Å². The molecule has 0 radical (unpaired) electrons. The average molecular weight is 734 g/mol. The summed E-state index contributed by atoms with van der Waals surface area (Å²) >= 11 is 6.26. The van der Waals surface area contributed by atoms with E-state index >= 15 is 4.39 Å². The van der Waals surface area contributed by atoms with Gasteiger partial charge in [-0.3, -0.25) is 37.9 Å². The molecular formula is C32H29ClFN3O14. The van der Waals surface area contributed by atoms with Crippen molar-refractivity contribution in [3.8, 4) is 5.75 Å². The first-order valence-corrected chi connectivity index (χ1v) is 15.6. The second kappa shape index (κ2) is 15.2. The zero-order valence-electron chi connectivity index (χ0n) is 27.1. The summed E-state index contributed by atoms with van der Waals surface area (Å²) in [5.74, 6) is -6.96. The number of hydrogen-bond donors (Lipinski definition) is 0. The molecule has 0 spiro atoms. The van der Waals surface area contributed by atoms with Gasteiger partial charge in [0.25, 0.3) is 17.0 Å². The Morgan fingerprint density at radius 1 is 0.922 bits per heavy atom. The Morgan fingerprint density at radius 3 is 2.25 bits per heavy atom. The van der Waals surface area contributed by atoms with Gasteiger partial charge in [-0.25, -0.2) is 9.59 Å². The van der Waals surface area contributed by atoms with Crippen LogP contribution in [0.2, 0.25) is 5.02 Å². The minimum Gasteiger partial charge on any atom is -0.463 e. The number of pyridine rings is 1. The molecule has 1 unspecified atom stereocenters. The lowest BCUT2D eigenvalue weighted by Gasteiger charge is -2.24. The van der Waals surface area contributed by atoms with Crippen molar-refractivity contribution in [2.75, 3.05) is 13.2 Å². The third-order valence-corrected chi connectivity index (χ3v) is 7.93. The lowest BCUT2D eigenvalue weighted by Crippen LogP contribution is -2.48. The van der Waals surface area contributed by atoms with Crippen molar-refractivity contribution >= 4 is 41.4 Å². The number of aromatic nitrogens is 3. The van der Waals surface area contributed by atoms with Gasteiger partial charge < -0.3 is 28.4 Å². The van der Waals surface area contributed by atoms with Gasteiger partial charge in [-0.1, -0.05) is 17.7 Å². The van der Waals surface area contributed by atoms with Crippen molar-refractivity contribution in [3.63, 3.8) is 0 Å². The molecule has 0 saturated carbocycles. The molecule has 2 aromatic heterocycles. The van der Waals surface area contributed by atoms with Crippen LogP contribution in [0.3, 0.4) is 0 Å². The van der Waals surface area contributed by atoms with Crippen LogP contribution in [0.5, 0.6) is 5.75 Å². The molecule has 4 heterocycles. The van der Waals surface area contributed by atoms with E-state index in [2.05, 4.69) is 0 Å². The average Bonchev–Trinajstić information content (AvgIpc) is 3.72. The molecule has 0 bridgehead atoms. The van der Waals surface area contributed by atoms with E-state index < -0.39 is 95.3 Å². The Kier molecular flexibility index (Phi) is 11.0. The summed E-state index contributed by atoms with van der Waals surface area (Å²) in [5, 5.41) is -0.0928. The molecule has 3 aromatic rings. The molecule has 17 nitrogen and oxygen atoms in total. The van der Waals surface area contributed by atoms with E-state index in [9.17, 15) is 38.4 Å². The number of halogens is 2. The minimum atomic E-state index is -1.80. The van der Waals surface area contributed by atoms with Crippen LogP contribution in [0.4, 0.5) is 4.39 Å². The highest BCUT2D eigenvalue weighted by atomic mass is 35.5. The molecule has 5 atom stereocenters. The fraction of sp³-hybridized carbons (Fsp3) is 0.375. The highest BCUT2D eigenvalue weighted by molar-refractivity contribution is 6.32. The van der Waals surface area contributed by atoms with Crippen LogP contribution in [0.1, 0.15) is 66.8 Å². The lowest BCUT2D eigenvalue weighted by molar-refractivity contribution is -0.166. The predicted octanol–water partition coefficient (Wildman–Crippen LogP) is 1.50. The first kappa shape index (κ1) is 36.8. The van der Waals surface area contributed by atoms with Gasteiger partial charge in [0.1, 0.15) is 18.9 Å². The van der Waals surface area contributed by atoms with E-state index in [0.29, 0.717) is 23.8 Å². The normalized spacial score (nSPS) is 21.2. The fourth-order valence-electron chi connectivity index (χ4n) is 5.48.